The second-order valence-corrected chi connectivity index (χ2v) is 6.50. The first-order valence-electron chi connectivity index (χ1n) is 8.40. The highest BCUT2D eigenvalue weighted by atomic mass is 19.1. The maximum Gasteiger partial charge on any atom is 0.123 e. The van der Waals surface area contributed by atoms with Crippen LogP contribution in [0.4, 0.5) is 10.1 Å². The van der Waals surface area contributed by atoms with Crippen molar-refractivity contribution in [1.29, 1.82) is 0 Å². The van der Waals surface area contributed by atoms with Gasteiger partial charge in [-0.2, -0.15) is 0 Å². The molecule has 4 aromatic rings. The third-order valence-electron chi connectivity index (χ3n) is 4.82. The van der Waals surface area contributed by atoms with Crippen LogP contribution in [0, 0.1) is 12.7 Å². The van der Waals surface area contributed by atoms with Gasteiger partial charge in [-0.25, -0.2) is 4.39 Å². The summed E-state index contributed by atoms with van der Waals surface area (Å²) in [7, 11) is 2.07. The van der Waals surface area contributed by atoms with Gasteiger partial charge in [0.05, 0.1) is 11.2 Å². The Morgan fingerprint density at radius 2 is 1.92 bits per heavy atom. The molecule has 1 unspecified atom stereocenters. The molecule has 0 fully saturated rings. The van der Waals surface area contributed by atoms with E-state index in [-0.39, 0.29) is 11.9 Å². The van der Waals surface area contributed by atoms with E-state index in [0.29, 0.717) is 0 Å². The maximum absolute atomic E-state index is 13.5. The van der Waals surface area contributed by atoms with Crippen LogP contribution < -0.4 is 5.32 Å². The van der Waals surface area contributed by atoms with Gasteiger partial charge in [-0.1, -0.05) is 12.1 Å². The lowest BCUT2D eigenvalue weighted by Gasteiger charge is -2.16. The van der Waals surface area contributed by atoms with Crippen molar-refractivity contribution < 1.29 is 4.39 Å². The molecule has 0 radical (unpaired) electrons. The molecule has 4 heteroatoms. The highest BCUT2D eigenvalue weighted by molar-refractivity contribution is 6.09. The summed E-state index contributed by atoms with van der Waals surface area (Å²) in [6.45, 7) is 4.07. The van der Waals surface area contributed by atoms with Gasteiger partial charge in [-0.3, -0.25) is 4.98 Å². The van der Waals surface area contributed by atoms with Gasteiger partial charge in [-0.05, 0) is 55.8 Å². The van der Waals surface area contributed by atoms with Gasteiger partial charge in [-0.15, -0.1) is 0 Å². The first kappa shape index (κ1) is 15.6. The topological polar surface area (TPSA) is 29.9 Å². The monoisotopic (exact) mass is 333 g/mol. The molecule has 126 valence electrons. The molecule has 1 atom stereocenters. The van der Waals surface area contributed by atoms with Crippen LogP contribution in [0.3, 0.4) is 0 Å². The predicted octanol–water partition coefficient (Wildman–Crippen LogP) is 5.35. The maximum atomic E-state index is 13.5. The van der Waals surface area contributed by atoms with E-state index in [0.717, 1.165) is 22.5 Å². The minimum atomic E-state index is -0.210. The van der Waals surface area contributed by atoms with Gasteiger partial charge in [0.25, 0.3) is 0 Å². The van der Waals surface area contributed by atoms with Gasteiger partial charge in [0.15, 0.2) is 0 Å². The third-order valence-corrected chi connectivity index (χ3v) is 4.82. The summed E-state index contributed by atoms with van der Waals surface area (Å²) >= 11 is 0. The normalized spacial score (nSPS) is 12.6. The number of anilines is 1. The molecule has 1 N–H and O–H groups in total. The van der Waals surface area contributed by atoms with E-state index in [2.05, 4.69) is 46.2 Å². The van der Waals surface area contributed by atoms with E-state index in [1.54, 1.807) is 12.1 Å². The van der Waals surface area contributed by atoms with Crippen molar-refractivity contribution in [3.05, 3.63) is 71.8 Å². The number of rotatable bonds is 3. The Bertz CT molecular complexity index is 1080. The number of aryl methyl sites for hydroxylation is 2. The molecule has 2 heterocycles. The van der Waals surface area contributed by atoms with E-state index in [1.165, 1.54) is 22.4 Å². The van der Waals surface area contributed by atoms with Crippen LogP contribution in [0.15, 0.2) is 54.7 Å². The van der Waals surface area contributed by atoms with Crippen molar-refractivity contribution in [2.75, 3.05) is 5.32 Å². The van der Waals surface area contributed by atoms with Crippen molar-refractivity contribution in [2.45, 2.75) is 19.9 Å². The van der Waals surface area contributed by atoms with E-state index in [4.69, 9.17) is 0 Å². The molecule has 0 saturated carbocycles. The summed E-state index contributed by atoms with van der Waals surface area (Å²) in [6, 6.07) is 15.1. The SMILES string of the molecule is Cc1nccc2c3cc(NC(C)c4cccc(F)c4)ccc3n(C)c12. The Labute approximate surface area is 146 Å². The summed E-state index contributed by atoms with van der Waals surface area (Å²) < 4.78 is 15.6. The molecule has 25 heavy (non-hydrogen) atoms. The highest BCUT2D eigenvalue weighted by Gasteiger charge is 2.12. The standard InChI is InChI=1S/C21H20FN3/c1-13(15-5-4-6-16(22)11-15)24-17-7-8-20-19(12-17)18-9-10-23-14(2)21(18)25(20)3/h4-13,24H,1-3H3. The van der Waals surface area contributed by atoms with Gasteiger partial charge in [0, 0.05) is 41.3 Å². The summed E-state index contributed by atoms with van der Waals surface area (Å²) in [5, 5.41) is 5.87. The van der Waals surface area contributed by atoms with Crippen LogP contribution in [-0.2, 0) is 7.05 Å². The van der Waals surface area contributed by atoms with Crippen LogP contribution in [-0.4, -0.2) is 9.55 Å². The molecule has 3 nitrogen and oxygen atoms in total. The molecule has 2 aromatic heterocycles. The van der Waals surface area contributed by atoms with Crippen LogP contribution in [0.1, 0.15) is 24.2 Å². The summed E-state index contributed by atoms with van der Waals surface area (Å²) in [6.07, 6.45) is 1.85. The van der Waals surface area contributed by atoms with Crippen molar-refractivity contribution in [3.63, 3.8) is 0 Å². The number of nitrogens with zero attached hydrogens (tertiary/aromatic N) is 2. The zero-order valence-electron chi connectivity index (χ0n) is 14.5. The zero-order valence-corrected chi connectivity index (χ0v) is 14.5. The molecular weight excluding hydrogens is 313 g/mol. The number of halogens is 1. The molecular formula is C21H20FN3. The Hall–Kier alpha value is -2.88. The number of hydrogen-bond acceptors (Lipinski definition) is 2. The molecule has 0 spiro atoms. The summed E-state index contributed by atoms with van der Waals surface area (Å²) in [4.78, 5) is 4.41. The van der Waals surface area contributed by atoms with Crippen LogP contribution in [0.2, 0.25) is 0 Å². The van der Waals surface area contributed by atoms with Crippen LogP contribution in [0.5, 0.6) is 0 Å². The lowest BCUT2D eigenvalue weighted by atomic mass is 10.1. The molecule has 0 amide bonds. The van der Waals surface area contributed by atoms with Crippen molar-refractivity contribution >= 4 is 27.5 Å². The van der Waals surface area contributed by atoms with Crippen molar-refractivity contribution in [3.8, 4) is 0 Å². The summed E-state index contributed by atoms with van der Waals surface area (Å²) in [5.41, 5.74) is 5.31. The summed E-state index contributed by atoms with van der Waals surface area (Å²) in [5.74, 6) is -0.210. The Kier molecular flexibility index (Phi) is 3.68. The van der Waals surface area contributed by atoms with Crippen LogP contribution >= 0.6 is 0 Å². The second kappa shape index (κ2) is 5.88. The fourth-order valence-electron chi connectivity index (χ4n) is 3.56. The Morgan fingerprint density at radius 1 is 1.08 bits per heavy atom. The molecule has 0 bridgehead atoms. The molecule has 0 aliphatic carbocycles. The Balaban J connectivity index is 1.76. The lowest BCUT2D eigenvalue weighted by Crippen LogP contribution is -2.06. The van der Waals surface area contributed by atoms with Gasteiger partial charge in [0.1, 0.15) is 5.82 Å². The molecule has 2 aromatic carbocycles. The minimum Gasteiger partial charge on any atom is -0.378 e. The molecule has 0 aliphatic rings. The molecule has 0 saturated heterocycles. The lowest BCUT2D eigenvalue weighted by molar-refractivity contribution is 0.623. The van der Waals surface area contributed by atoms with Crippen molar-refractivity contribution in [1.82, 2.24) is 9.55 Å². The van der Waals surface area contributed by atoms with E-state index in [9.17, 15) is 4.39 Å². The first-order chi connectivity index (χ1) is 12.0. The molecule has 0 aliphatic heterocycles. The highest BCUT2D eigenvalue weighted by Crippen LogP contribution is 2.32. The van der Waals surface area contributed by atoms with Crippen molar-refractivity contribution in [2.24, 2.45) is 7.05 Å². The van der Waals surface area contributed by atoms with Gasteiger partial charge < -0.3 is 9.88 Å². The first-order valence-corrected chi connectivity index (χ1v) is 8.40. The Morgan fingerprint density at radius 3 is 2.72 bits per heavy atom. The quantitative estimate of drug-likeness (QED) is 0.548. The zero-order chi connectivity index (χ0) is 17.6. The number of nitrogens with one attached hydrogen (secondary N) is 1. The van der Waals surface area contributed by atoms with Gasteiger partial charge in [0.2, 0.25) is 0 Å². The minimum absolute atomic E-state index is 0.0199. The second-order valence-electron chi connectivity index (χ2n) is 6.50. The van der Waals surface area contributed by atoms with E-state index >= 15 is 0 Å². The van der Waals surface area contributed by atoms with Gasteiger partial charge >= 0.3 is 0 Å². The third kappa shape index (κ3) is 2.64. The average Bonchev–Trinajstić information content (AvgIpc) is 2.88. The van der Waals surface area contributed by atoms with Crippen LogP contribution in [0.25, 0.3) is 21.8 Å². The fraction of sp³-hybridized carbons (Fsp3) is 0.190. The van der Waals surface area contributed by atoms with E-state index < -0.39 is 0 Å². The average molecular weight is 333 g/mol. The number of hydrogen-bond donors (Lipinski definition) is 1. The number of fused-ring (bicyclic) bond motifs is 3. The number of benzene rings is 2. The largest absolute Gasteiger partial charge is 0.378 e. The number of aromatic nitrogens is 2. The number of pyridine rings is 1. The van der Waals surface area contributed by atoms with E-state index in [1.807, 2.05) is 26.1 Å². The molecule has 4 rings (SSSR count). The smallest absolute Gasteiger partial charge is 0.123 e. The predicted molar refractivity (Wildman–Crippen MR) is 101 cm³/mol. The fourth-order valence-corrected chi connectivity index (χ4v) is 3.56.